The van der Waals surface area contributed by atoms with Crippen LogP contribution in [0, 0.1) is 0 Å². The third-order valence-corrected chi connectivity index (χ3v) is 2.91. The molecule has 1 atom stereocenters. The Labute approximate surface area is 112 Å². The first kappa shape index (κ1) is 13.5. The Morgan fingerprint density at radius 1 is 1.32 bits per heavy atom. The molecule has 1 aromatic heterocycles. The molecule has 0 aliphatic carbocycles. The van der Waals surface area contributed by atoms with Gasteiger partial charge < -0.3 is 15.4 Å². The molecular formula is C14H19N3O2. The molecule has 102 valence electrons. The lowest BCUT2D eigenvalue weighted by Gasteiger charge is -2.05. The highest BCUT2D eigenvalue weighted by Crippen LogP contribution is 2.13. The standard InChI is InChI=1S/C14H19N3O2/c1-2-3-11(15)9-14-16-13(17-19-14)8-10-4-6-12(18)7-5-10/h4-7,11,18H,2-3,8-9,15H2,1H3. The monoisotopic (exact) mass is 261 g/mol. The van der Waals surface area contributed by atoms with Crippen molar-refractivity contribution in [3.8, 4) is 5.75 Å². The van der Waals surface area contributed by atoms with E-state index in [4.69, 9.17) is 10.3 Å². The Hall–Kier alpha value is -1.88. The third-order valence-electron chi connectivity index (χ3n) is 2.91. The lowest BCUT2D eigenvalue weighted by Crippen LogP contribution is -2.22. The number of aromatic hydroxyl groups is 1. The maximum atomic E-state index is 9.21. The molecule has 0 fully saturated rings. The third kappa shape index (κ3) is 4.06. The van der Waals surface area contributed by atoms with Gasteiger partial charge in [-0.25, -0.2) is 0 Å². The van der Waals surface area contributed by atoms with Crippen LogP contribution in [0.2, 0.25) is 0 Å². The Kier molecular flexibility index (Phi) is 4.52. The summed E-state index contributed by atoms with van der Waals surface area (Å²) in [5.74, 6) is 1.49. The molecule has 19 heavy (non-hydrogen) atoms. The van der Waals surface area contributed by atoms with Gasteiger partial charge >= 0.3 is 0 Å². The van der Waals surface area contributed by atoms with Crippen LogP contribution in [0.15, 0.2) is 28.8 Å². The van der Waals surface area contributed by atoms with Gasteiger partial charge in [-0.05, 0) is 24.1 Å². The minimum absolute atomic E-state index is 0.0759. The average molecular weight is 261 g/mol. The van der Waals surface area contributed by atoms with Gasteiger partial charge in [0.15, 0.2) is 5.82 Å². The van der Waals surface area contributed by atoms with E-state index in [1.807, 2.05) is 12.1 Å². The molecule has 2 aromatic rings. The van der Waals surface area contributed by atoms with Gasteiger partial charge in [0.1, 0.15) is 5.75 Å². The summed E-state index contributed by atoms with van der Waals surface area (Å²) in [4.78, 5) is 4.33. The summed E-state index contributed by atoms with van der Waals surface area (Å²) in [5.41, 5.74) is 6.97. The summed E-state index contributed by atoms with van der Waals surface area (Å²) in [6.45, 7) is 2.10. The van der Waals surface area contributed by atoms with Gasteiger partial charge in [0.25, 0.3) is 0 Å². The second-order valence-corrected chi connectivity index (χ2v) is 4.70. The van der Waals surface area contributed by atoms with Crippen LogP contribution in [0.4, 0.5) is 0 Å². The van der Waals surface area contributed by atoms with E-state index < -0.39 is 0 Å². The molecule has 5 heteroatoms. The van der Waals surface area contributed by atoms with E-state index in [0.717, 1.165) is 18.4 Å². The molecule has 1 heterocycles. The predicted octanol–water partition coefficient (Wildman–Crippen LogP) is 2.04. The molecule has 5 nitrogen and oxygen atoms in total. The van der Waals surface area contributed by atoms with Crippen LogP contribution in [0.3, 0.4) is 0 Å². The number of phenolic OH excluding ortho intramolecular Hbond substituents is 1. The average Bonchev–Trinajstić information content (AvgIpc) is 2.80. The fourth-order valence-corrected chi connectivity index (χ4v) is 1.94. The summed E-state index contributed by atoms with van der Waals surface area (Å²) in [7, 11) is 0. The zero-order chi connectivity index (χ0) is 13.7. The number of nitrogens with zero attached hydrogens (tertiary/aromatic N) is 2. The van der Waals surface area contributed by atoms with Crippen molar-refractivity contribution in [1.82, 2.24) is 10.1 Å². The van der Waals surface area contributed by atoms with Gasteiger partial charge in [-0.15, -0.1) is 0 Å². The van der Waals surface area contributed by atoms with E-state index in [2.05, 4.69) is 17.1 Å². The fourth-order valence-electron chi connectivity index (χ4n) is 1.94. The first-order valence-electron chi connectivity index (χ1n) is 6.52. The molecule has 2 rings (SSSR count). The van der Waals surface area contributed by atoms with Crippen molar-refractivity contribution < 1.29 is 9.63 Å². The lowest BCUT2D eigenvalue weighted by atomic mass is 10.1. The van der Waals surface area contributed by atoms with Crippen LogP contribution in [0.1, 0.15) is 37.0 Å². The second kappa shape index (κ2) is 6.33. The Bertz CT molecular complexity index is 508. The summed E-state index contributed by atoms with van der Waals surface area (Å²) >= 11 is 0. The van der Waals surface area contributed by atoms with Crippen LogP contribution in [-0.4, -0.2) is 21.3 Å². The van der Waals surface area contributed by atoms with E-state index in [9.17, 15) is 5.11 Å². The minimum Gasteiger partial charge on any atom is -0.508 e. The van der Waals surface area contributed by atoms with Gasteiger partial charge in [-0.2, -0.15) is 4.98 Å². The maximum absolute atomic E-state index is 9.21. The zero-order valence-electron chi connectivity index (χ0n) is 11.0. The topological polar surface area (TPSA) is 85.2 Å². The minimum atomic E-state index is 0.0759. The molecule has 3 N–H and O–H groups in total. The van der Waals surface area contributed by atoms with Crippen LogP contribution >= 0.6 is 0 Å². The van der Waals surface area contributed by atoms with Crippen LogP contribution in [-0.2, 0) is 12.8 Å². The van der Waals surface area contributed by atoms with Crippen molar-refractivity contribution in [3.63, 3.8) is 0 Å². The summed E-state index contributed by atoms with van der Waals surface area (Å²) in [6, 6.07) is 7.05. The number of hydrogen-bond acceptors (Lipinski definition) is 5. The number of phenols is 1. The fraction of sp³-hybridized carbons (Fsp3) is 0.429. The van der Waals surface area contributed by atoms with E-state index in [-0.39, 0.29) is 11.8 Å². The highest BCUT2D eigenvalue weighted by molar-refractivity contribution is 5.27. The first-order valence-corrected chi connectivity index (χ1v) is 6.52. The van der Waals surface area contributed by atoms with Crippen molar-refractivity contribution in [3.05, 3.63) is 41.5 Å². The number of nitrogens with two attached hydrogens (primary N) is 1. The Morgan fingerprint density at radius 3 is 2.74 bits per heavy atom. The summed E-state index contributed by atoms with van der Waals surface area (Å²) in [5, 5.41) is 13.2. The summed E-state index contributed by atoms with van der Waals surface area (Å²) in [6.07, 6.45) is 3.22. The summed E-state index contributed by atoms with van der Waals surface area (Å²) < 4.78 is 5.19. The number of rotatable bonds is 6. The van der Waals surface area contributed by atoms with Crippen molar-refractivity contribution in [1.29, 1.82) is 0 Å². The van der Waals surface area contributed by atoms with E-state index in [1.54, 1.807) is 12.1 Å². The number of aromatic nitrogens is 2. The van der Waals surface area contributed by atoms with Crippen molar-refractivity contribution in [2.24, 2.45) is 5.73 Å². The largest absolute Gasteiger partial charge is 0.508 e. The van der Waals surface area contributed by atoms with Crippen LogP contribution in [0.5, 0.6) is 5.75 Å². The normalized spacial score (nSPS) is 12.5. The molecule has 1 aromatic carbocycles. The smallest absolute Gasteiger partial charge is 0.228 e. The van der Waals surface area contributed by atoms with Gasteiger partial charge in [0, 0.05) is 18.9 Å². The SMILES string of the molecule is CCCC(N)Cc1nc(Cc2ccc(O)cc2)no1. The van der Waals surface area contributed by atoms with Gasteiger partial charge in [-0.1, -0.05) is 30.6 Å². The van der Waals surface area contributed by atoms with Gasteiger partial charge in [0.05, 0.1) is 0 Å². The number of hydrogen-bond donors (Lipinski definition) is 2. The molecule has 0 amide bonds. The van der Waals surface area contributed by atoms with E-state index in [0.29, 0.717) is 24.6 Å². The molecule has 0 saturated carbocycles. The molecule has 0 bridgehead atoms. The Balaban J connectivity index is 1.95. The highest BCUT2D eigenvalue weighted by Gasteiger charge is 2.11. The maximum Gasteiger partial charge on any atom is 0.228 e. The first-order chi connectivity index (χ1) is 9.17. The van der Waals surface area contributed by atoms with Crippen molar-refractivity contribution in [2.75, 3.05) is 0 Å². The molecule has 0 saturated heterocycles. The highest BCUT2D eigenvalue weighted by atomic mass is 16.5. The van der Waals surface area contributed by atoms with Gasteiger partial charge in [-0.3, -0.25) is 0 Å². The second-order valence-electron chi connectivity index (χ2n) is 4.70. The van der Waals surface area contributed by atoms with Crippen LogP contribution < -0.4 is 5.73 Å². The van der Waals surface area contributed by atoms with E-state index >= 15 is 0 Å². The lowest BCUT2D eigenvalue weighted by molar-refractivity contribution is 0.361. The predicted molar refractivity (Wildman–Crippen MR) is 71.8 cm³/mol. The van der Waals surface area contributed by atoms with Crippen LogP contribution in [0.25, 0.3) is 0 Å². The van der Waals surface area contributed by atoms with Crippen molar-refractivity contribution >= 4 is 0 Å². The molecule has 1 unspecified atom stereocenters. The van der Waals surface area contributed by atoms with Gasteiger partial charge in [0.2, 0.25) is 5.89 Å². The molecular weight excluding hydrogens is 242 g/mol. The van der Waals surface area contributed by atoms with Crippen molar-refractivity contribution in [2.45, 2.75) is 38.6 Å². The Morgan fingerprint density at radius 2 is 2.05 bits per heavy atom. The molecule has 0 radical (unpaired) electrons. The molecule has 0 spiro atoms. The quantitative estimate of drug-likeness (QED) is 0.831. The molecule has 0 aliphatic rings. The number of benzene rings is 1. The zero-order valence-corrected chi connectivity index (χ0v) is 11.0. The van der Waals surface area contributed by atoms with E-state index in [1.165, 1.54) is 0 Å². The molecule has 0 aliphatic heterocycles.